The number of aromatic nitrogens is 1. The molecule has 0 radical (unpaired) electrons. The van der Waals surface area contributed by atoms with Crippen LogP contribution in [0.4, 0.5) is 0 Å². The molecule has 3 N–H and O–H groups in total. The fourth-order valence-electron chi connectivity index (χ4n) is 2.10. The number of nitrogens with one attached hydrogen (secondary N) is 1. The Hall–Kier alpha value is -1.54. The van der Waals surface area contributed by atoms with Gasteiger partial charge < -0.3 is 10.2 Å². The highest BCUT2D eigenvalue weighted by Crippen LogP contribution is 2.02. The van der Waals surface area contributed by atoms with E-state index in [9.17, 15) is 9.90 Å². The molecular formula is C13H20N4O3. The van der Waals surface area contributed by atoms with E-state index in [2.05, 4.69) is 15.3 Å². The first-order valence-corrected chi connectivity index (χ1v) is 6.66. The first-order valence-electron chi connectivity index (χ1n) is 6.66. The van der Waals surface area contributed by atoms with Crippen LogP contribution in [0.3, 0.4) is 0 Å². The minimum atomic E-state index is -0.702. The van der Waals surface area contributed by atoms with E-state index < -0.39 is 6.10 Å². The van der Waals surface area contributed by atoms with Crippen molar-refractivity contribution in [2.75, 3.05) is 39.3 Å². The lowest BCUT2D eigenvalue weighted by atomic mass is 10.2. The third kappa shape index (κ3) is 4.24. The molecule has 1 saturated heterocycles. The number of nitrogens with zero attached hydrogens (tertiary/aromatic N) is 3. The average Bonchev–Trinajstić information content (AvgIpc) is 2.50. The summed E-state index contributed by atoms with van der Waals surface area (Å²) in [6, 6.07) is 3.44. The Morgan fingerprint density at radius 3 is 2.75 bits per heavy atom. The zero-order valence-electron chi connectivity index (χ0n) is 11.3. The predicted octanol–water partition coefficient (Wildman–Crippen LogP) is -1.30. The molecule has 0 bridgehead atoms. The average molecular weight is 280 g/mol. The van der Waals surface area contributed by atoms with E-state index in [-0.39, 0.29) is 12.5 Å². The lowest BCUT2D eigenvalue weighted by Crippen LogP contribution is -2.54. The summed E-state index contributed by atoms with van der Waals surface area (Å²) in [6.45, 7) is 3.09. The van der Waals surface area contributed by atoms with Crippen LogP contribution in [0.2, 0.25) is 0 Å². The number of piperazine rings is 1. The topological polar surface area (TPSA) is 88.9 Å². The number of carbonyl (C=O) groups is 1. The number of pyridine rings is 1. The van der Waals surface area contributed by atoms with Gasteiger partial charge in [0.2, 0.25) is 0 Å². The van der Waals surface area contributed by atoms with Gasteiger partial charge in [-0.25, -0.2) is 5.01 Å². The van der Waals surface area contributed by atoms with Crippen LogP contribution in [0.1, 0.15) is 10.4 Å². The van der Waals surface area contributed by atoms with Crippen LogP contribution in [0, 0.1) is 0 Å². The molecule has 1 aliphatic heterocycles. The monoisotopic (exact) mass is 280 g/mol. The zero-order chi connectivity index (χ0) is 14.4. The minimum Gasteiger partial charge on any atom is -0.394 e. The molecule has 1 amide bonds. The van der Waals surface area contributed by atoms with Gasteiger partial charge in [0.05, 0.1) is 18.3 Å². The highest BCUT2D eigenvalue weighted by atomic mass is 16.3. The number of hydrogen-bond acceptors (Lipinski definition) is 6. The molecule has 0 aliphatic carbocycles. The van der Waals surface area contributed by atoms with E-state index in [1.54, 1.807) is 18.3 Å². The van der Waals surface area contributed by atoms with Crippen molar-refractivity contribution in [3.63, 3.8) is 0 Å². The van der Waals surface area contributed by atoms with Crippen LogP contribution in [0.15, 0.2) is 24.5 Å². The molecule has 2 heterocycles. The fraction of sp³-hybridized carbons (Fsp3) is 0.538. The van der Waals surface area contributed by atoms with Crippen LogP contribution in [0.5, 0.6) is 0 Å². The second kappa shape index (κ2) is 7.30. The third-order valence-electron chi connectivity index (χ3n) is 3.24. The summed E-state index contributed by atoms with van der Waals surface area (Å²) in [5.74, 6) is -0.165. The van der Waals surface area contributed by atoms with Gasteiger partial charge in [-0.05, 0) is 12.1 Å². The molecule has 1 fully saturated rings. The van der Waals surface area contributed by atoms with E-state index in [1.807, 2.05) is 5.01 Å². The number of amides is 1. The van der Waals surface area contributed by atoms with Crippen molar-refractivity contribution in [3.8, 4) is 0 Å². The van der Waals surface area contributed by atoms with Gasteiger partial charge in [-0.1, -0.05) is 0 Å². The number of aliphatic hydroxyl groups is 2. The van der Waals surface area contributed by atoms with Gasteiger partial charge in [-0.15, -0.1) is 0 Å². The standard InChI is InChI=1S/C13H20N4O3/c18-10-12(19)9-16-4-6-17(7-5-16)15-13(20)11-2-1-3-14-8-11/h1-3,8,12,18-19H,4-7,9-10H2,(H,15,20). The second-order valence-electron chi connectivity index (χ2n) is 4.81. The smallest absolute Gasteiger partial charge is 0.267 e. The van der Waals surface area contributed by atoms with Crippen molar-refractivity contribution >= 4 is 5.91 Å². The number of carbonyl (C=O) groups excluding carboxylic acids is 1. The van der Waals surface area contributed by atoms with Crippen molar-refractivity contribution in [1.29, 1.82) is 0 Å². The maximum atomic E-state index is 11.9. The first kappa shape index (κ1) is 14.9. The molecule has 0 aromatic carbocycles. The van der Waals surface area contributed by atoms with E-state index in [1.165, 1.54) is 6.20 Å². The SMILES string of the molecule is O=C(NN1CCN(CC(O)CO)CC1)c1cccnc1. The Morgan fingerprint density at radius 1 is 1.40 bits per heavy atom. The first-order chi connectivity index (χ1) is 9.69. The molecule has 2 rings (SSSR count). The van der Waals surface area contributed by atoms with Gasteiger partial charge in [0.25, 0.3) is 5.91 Å². The van der Waals surface area contributed by atoms with Crippen molar-refractivity contribution < 1.29 is 15.0 Å². The van der Waals surface area contributed by atoms with Crippen molar-refractivity contribution in [2.24, 2.45) is 0 Å². The van der Waals surface area contributed by atoms with Gasteiger partial charge in [0.1, 0.15) is 0 Å². The minimum absolute atomic E-state index is 0.165. The highest BCUT2D eigenvalue weighted by Gasteiger charge is 2.20. The van der Waals surface area contributed by atoms with Crippen LogP contribution < -0.4 is 5.43 Å². The summed E-state index contributed by atoms with van der Waals surface area (Å²) < 4.78 is 0. The van der Waals surface area contributed by atoms with Crippen LogP contribution in [-0.4, -0.2) is 76.4 Å². The van der Waals surface area contributed by atoms with Crippen molar-refractivity contribution in [3.05, 3.63) is 30.1 Å². The molecule has 1 atom stereocenters. The van der Waals surface area contributed by atoms with Gasteiger partial charge >= 0.3 is 0 Å². The van der Waals surface area contributed by atoms with Crippen molar-refractivity contribution in [1.82, 2.24) is 20.3 Å². The molecule has 1 aromatic heterocycles. The molecule has 110 valence electrons. The quantitative estimate of drug-likeness (QED) is 0.621. The number of rotatable bonds is 5. The second-order valence-corrected chi connectivity index (χ2v) is 4.81. The third-order valence-corrected chi connectivity index (χ3v) is 3.24. The van der Waals surface area contributed by atoms with Gasteiger partial charge in [0, 0.05) is 45.1 Å². The molecule has 20 heavy (non-hydrogen) atoms. The van der Waals surface area contributed by atoms with Crippen LogP contribution in [0.25, 0.3) is 0 Å². The molecule has 7 heteroatoms. The Kier molecular flexibility index (Phi) is 5.42. The number of hydrazine groups is 1. The number of aliphatic hydroxyl groups excluding tert-OH is 2. The van der Waals surface area contributed by atoms with E-state index in [0.717, 1.165) is 13.1 Å². The molecule has 0 saturated carbocycles. The van der Waals surface area contributed by atoms with E-state index in [4.69, 9.17) is 5.11 Å². The molecule has 7 nitrogen and oxygen atoms in total. The predicted molar refractivity (Wildman–Crippen MR) is 72.8 cm³/mol. The van der Waals surface area contributed by atoms with Gasteiger partial charge in [0.15, 0.2) is 0 Å². The van der Waals surface area contributed by atoms with Gasteiger partial charge in [-0.3, -0.25) is 20.1 Å². The van der Waals surface area contributed by atoms with E-state index in [0.29, 0.717) is 25.2 Å². The number of β-amino-alcohol motifs (C(OH)–C–C–N with tert-alkyl or cyclic N) is 1. The highest BCUT2D eigenvalue weighted by molar-refractivity contribution is 5.93. The Balaban J connectivity index is 1.76. The molecule has 0 spiro atoms. The molecule has 1 aromatic rings. The van der Waals surface area contributed by atoms with Gasteiger partial charge in [-0.2, -0.15) is 0 Å². The lowest BCUT2D eigenvalue weighted by Gasteiger charge is -2.35. The lowest BCUT2D eigenvalue weighted by molar-refractivity contribution is 0.0274. The summed E-state index contributed by atoms with van der Waals surface area (Å²) in [6.07, 6.45) is 2.46. The Morgan fingerprint density at radius 2 is 2.15 bits per heavy atom. The van der Waals surface area contributed by atoms with Crippen molar-refractivity contribution in [2.45, 2.75) is 6.10 Å². The zero-order valence-corrected chi connectivity index (χ0v) is 11.3. The summed E-state index contributed by atoms with van der Waals surface area (Å²) in [7, 11) is 0. The summed E-state index contributed by atoms with van der Waals surface area (Å²) >= 11 is 0. The summed E-state index contributed by atoms with van der Waals surface area (Å²) in [5.41, 5.74) is 3.37. The maximum absolute atomic E-state index is 11.9. The van der Waals surface area contributed by atoms with Crippen LogP contribution >= 0.6 is 0 Å². The maximum Gasteiger partial charge on any atom is 0.267 e. The normalized spacial score (nSPS) is 18.7. The molecule has 1 aliphatic rings. The summed E-state index contributed by atoms with van der Waals surface area (Å²) in [5, 5.41) is 20.1. The summed E-state index contributed by atoms with van der Waals surface area (Å²) in [4.78, 5) is 17.9. The molecule has 1 unspecified atom stereocenters. The molecular weight excluding hydrogens is 260 g/mol. The number of hydrogen-bond donors (Lipinski definition) is 3. The largest absolute Gasteiger partial charge is 0.394 e. The Bertz CT molecular complexity index is 421. The van der Waals surface area contributed by atoms with Crippen LogP contribution in [-0.2, 0) is 0 Å². The van der Waals surface area contributed by atoms with E-state index >= 15 is 0 Å². The fourth-order valence-corrected chi connectivity index (χ4v) is 2.10. The Labute approximate surface area is 117 Å².